The second-order valence-electron chi connectivity index (χ2n) is 5.57. The number of nitrogens with zero attached hydrogens (tertiary/aromatic N) is 1. The third-order valence-corrected chi connectivity index (χ3v) is 6.00. The van der Waals surface area contributed by atoms with E-state index in [1.165, 1.54) is 12.1 Å². The average molecular weight is 440 g/mol. The maximum atomic E-state index is 13.2. The summed E-state index contributed by atoms with van der Waals surface area (Å²) in [6.07, 6.45) is -4.46. The zero-order valence-corrected chi connectivity index (χ0v) is 15.7. The van der Waals surface area contributed by atoms with Gasteiger partial charge in [0.2, 0.25) is 0 Å². The van der Waals surface area contributed by atoms with Gasteiger partial charge < -0.3 is 5.32 Å². The standard InChI is InChI=1S/C16H15BrClF3N2S/c17-14-4-3-13(24-14)15(23-7-5-22-6-8-23)10-1-2-12(18)11(9-10)16(19,20)21/h1-4,9,15,22H,5-8H2. The van der Waals surface area contributed by atoms with Crippen LogP contribution in [0.3, 0.4) is 0 Å². The van der Waals surface area contributed by atoms with Gasteiger partial charge in [-0.25, -0.2) is 0 Å². The highest BCUT2D eigenvalue weighted by Crippen LogP contribution is 2.40. The lowest BCUT2D eigenvalue weighted by Gasteiger charge is -2.35. The molecule has 0 amide bonds. The van der Waals surface area contributed by atoms with Gasteiger partial charge >= 0.3 is 6.18 Å². The minimum atomic E-state index is -4.46. The topological polar surface area (TPSA) is 15.3 Å². The number of rotatable bonds is 3. The molecular formula is C16H15BrClF3N2S. The summed E-state index contributed by atoms with van der Waals surface area (Å²) in [5, 5.41) is 3.01. The fraction of sp³-hybridized carbons (Fsp3) is 0.375. The summed E-state index contributed by atoms with van der Waals surface area (Å²) < 4.78 is 40.6. The van der Waals surface area contributed by atoms with Crippen LogP contribution in [0.1, 0.15) is 22.0 Å². The van der Waals surface area contributed by atoms with E-state index < -0.39 is 11.7 Å². The van der Waals surface area contributed by atoms with Gasteiger partial charge in [0.1, 0.15) is 0 Å². The molecule has 1 saturated heterocycles. The molecule has 0 bridgehead atoms. The smallest absolute Gasteiger partial charge is 0.314 e. The molecule has 1 aromatic carbocycles. The van der Waals surface area contributed by atoms with Crippen LogP contribution < -0.4 is 5.32 Å². The Balaban J connectivity index is 2.05. The number of hydrogen-bond donors (Lipinski definition) is 1. The summed E-state index contributed by atoms with van der Waals surface area (Å²) in [4.78, 5) is 3.22. The third kappa shape index (κ3) is 3.96. The summed E-state index contributed by atoms with van der Waals surface area (Å²) in [6.45, 7) is 3.21. The molecule has 2 heterocycles. The van der Waals surface area contributed by atoms with E-state index in [0.717, 1.165) is 34.8 Å². The normalized spacial score (nSPS) is 17.9. The highest BCUT2D eigenvalue weighted by Gasteiger charge is 2.35. The van der Waals surface area contributed by atoms with Crippen LogP contribution in [-0.4, -0.2) is 31.1 Å². The van der Waals surface area contributed by atoms with E-state index in [1.54, 1.807) is 17.4 Å². The highest BCUT2D eigenvalue weighted by molar-refractivity contribution is 9.11. The Morgan fingerprint density at radius 2 is 1.88 bits per heavy atom. The van der Waals surface area contributed by atoms with Crippen molar-refractivity contribution >= 4 is 38.9 Å². The van der Waals surface area contributed by atoms with E-state index in [1.807, 2.05) is 12.1 Å². The number of piperazine rings is 1. The van der Waals surface area contributed by atoms with Crippen LogP contribution in [0.5, 0.6) is 0 Å². The Kier molecular flexibility index (Phi) is 5.56. The molecule has 1 unspecified atom stereocenters. The van der Waals surface area contributed by atoms with E-state index in [-0.39, 0.29) is 11.1 Å². The first-order valence-electron chi connectivity index (χ1n) is 7.43. The first kappa shape index (κ1) is 18.2. The Hall–Kier alpha value is -0.600. The number of thiophene rings is 1. The maximum Gasteiger partial charge on any atom is 0.417 e. The lowest BCUT2D eigenvalue weighted by molar-refractivity contribution is -0.137. The van der Waals surface area contributed by atoms with Gasteiger partial charge in [-0.2, -0.15) is 13.2 Å². The number of alkyl halides is 3. The number of halogens is 5. The lowest BCUT2D eigenvalue weighted by atomic mass is 10.00. The summed E-state index contributed by atoms with van der Waals surface area (Å²) in [5.74, 6) is 0. The fourth-order valence-corrected chi connectivity index (χ4v) is 4.71. The van der Waals surface area contributed by atoms with Crippen molar-refractivity contribution in [3.05, 3.63) is 55.1 Å². The molecule has 24 heavy (non-hydrogen) atoms. The first-order valence-corrected chi connectivity index (χ1v) is 9.41. The molecule has 1 aromatic heterocycles. The van der Waals surface area contributed by atoms with Gasteiger partial charge in [0.15, 0.2) is 0 Å². The van der Waals surface area contributed by atoms with Crippen molar-refractivity contribution in [2.45, 2.75) is 12.2 Å². The van der Waals surface area contributed by atoms with Gasteiger partial charge in [-0.15, -0.1) is 11.3 Å². The maximum absolute atomic E-state index is 13.2. The molecule has 130 valence electrons. The molecule has 8 heteroatoms. The van der Waals surface area contributed by atoms with E-state index in [0.29, 0.717) is 5.56 Å². The molecule has 1 aliphatic heterocycles. The van der Waals surface area contributed by atoms with Crippen LogP contribution in [0.2, 0.25) is 5.02 Å². The minimum absolute atomic E-state index is 0.207. The Labute approximate surface area is 155 Å². The average Bonchev–Trinajstić information content (AvgIpc) is 2.95. The van der Waals surface area contributed by atoms with Crippen molar-refractivity contribution in [3.63, 3.8) is 0 Å². The molecular weight excluding hydrogens is 425 g/mol. The molecule has 1 atom stereocenters. The molecule has 0 radical (unpaired) electrons. The molecule has 0 aliphatic carbocycles. The van der Waals surface area contributed by atoms with Gasteiger partial charge in [0, 0.05) is 31.1 Å². The first-order chi connectivity index (χ1) is 11.4. The molecule has 1 fully saturated rings. The molecule has 1 aliphatic rings. The van der Waals surface area contributed by atoms with Crippen LogP contribution in [0.25, 0.3) is 0 Å². The van der Waals surface area contributed by atoms with Crippen LogP contribution in [0.4, 0.5) is 13.2 Å². The Bertz CT molecular complexity index is 714. The van der Waals surface area contributed by atoms with Crippen LogP contribution in [0.15, 0.2) is 34.1 Å². The largest absolute Gasteiger partial charge is 0.417 e. The second kappa shape index (κ2) is 7.33. The van der Waals surface area contributed by atoms with Gasteiger partial charge in [0.05, 0.1) is 20.4 Å². The van der Waals surface area contributed by atoms with Crippen molar-refractivity contribution in [1.82, 2.24) is 10.2 Å². The summed E-state index contributed by atoms with van der Waals surface area (Å²) in [5.41, 5.74) is -0.166. The number of hydrogen-bond acceptors (Lipinski definition) is 3. The van der Waals surface area contributed by atoms with Crippen LogP contribution in [0, 0.1) is 0 Å². The van der Waals surface area contributed by atoms with Gasteiger partial charge in [0.25, 0.3) is 0 Å². The molecule has 2 nitrogen and oxygen atoms in total. The molecule has 2 aromatic rings. The number of benzene rings is 1. The van der Waals surface area contributed by atoms with E-state index in [9.17, 15) is 13.2 Å². The zero-order valence-electron chi connectivity index (χ0n) is 12.5. The van der Waals surface area contributed by atoms with Gasteiger partial charge in [-0.1, -0.05) is 17.7 Å². The predicted molar refractivity (Wildman–Crippen MR) is 94.8 cm³/mol. The Morgan fingerprint density at radius 1 is 1.17 bits per heavy atom. The fourth-order valence-electron chi connectivity index (χ4n) is 2.90. The molecule has 0 saturated carbocycles. The number of nitrogens with one attached hydrogen (secondary N) is 1. The van der Waals surface area contributed by atoms with E-state index >= 15 is 0 Å². The third-order valence-electron chi connectivity index (χ3n) is 3.99. The zero-order chi connectivity index (χ0) is 17.3. The SMILES string of the molecule is FC(F)(F)c1cc(C(c2ccc(Br)s2)N2CCNCC2)ccc1Cl. The molecule has 3 rings (SSSR count). The van der Waals surface area contributed by atoms with Gasteiger partial charge in [-0.3, -0.25) is 4.90 Å². The summed E-state index contributed by atoms with van der Waals surface area (Å²) in [6, 6.07) is 7.90. The minimum Gasteiger partial charge on any atom is -0.314 e. The summed E-state index contributed by atoms with van der Waals surface area (Å²) >= 11 is 10.8. The van der Waals surface area contributed by atoms with Crippen molar-refractivity contribution < 1.29 is 13.2 Å². The van der Waals surface area contributed by atoms with E-state index in [4.69, 9.17) is 11.6 Å². The monoisotopic (exact) mass is 438 g/mol. The Morgan fingerprint density at radius 3 is 2.46 bits per heavy atom. The predicted octanol–water partition coefficient (Wildman–Crippen LogP) is 5.18. The molecule has 1 N–H and O–H groups in total. The quantitative estimate of drug-likeness (QED) is 0.709. The second-order valence-corrected chi connectivity index (χ2v) is 8.47. The molecule has 0 spiro atoms. The van der Waals surface area contributed by atoms with Crippen LogP contribution in [-0.2, 0) is 6.18 Å². The van der Waals surface area contributed by atoms with Crippen molar-refractivity contribution in [3.8, 4) is 0 Å². The highest BCUT2D eigenvalue weighted by atomic mass is 79.9. The van der Waals surface area contributed by atoms with E-state index in [2.05, 4.69) is 26.1 Å². The van der Waals surface area contributed by atoms with Crippen molar-refractivity contribution in [2.24, 2.45) is 0 Å². The summed E-state index contributed by atoms with van der Waals surface area (Å²) in [7, 11) is 0. The van der Waals surface area contributed by atoms with Crippen molar-refractivity contribution in [2.75, 3.05) is 26.2 Å². The lowest BCUT2D eigenvalue weighted by Crippen LogP contribution is -2.45. The van der Waals surface area contributed by atoms with Crippen LogP contribution >= 0.6 is 38.9 Å². The van der Waals surface area contributed by atoms with Gasteiger partial charge in [-0.05, 0) is 45.8 Å². The van der Waals surface area contributed by atoms with Crippen molar-refractivity contribution in [1.29, 1.82) is 0 Å².